The van der Waals surface area contributed by atoms with Crippen molar-refractivity contribution in [2.24, 2.45) is 0 Å². The minimum atomic E-state index is -0.141. The molecule has 0 bridgehead atoms. The van der Waals surface area contributed by atoms with E-state index in [1.807, 2.05) is 13.8 Å². The van der Waals surface area contributed by atoms with Gasteiger partial charge in [0, 0.05) is 20.2 Å². The minimum absolute atomic E-state index is 0.110. The Morgan fingerprint density at radius 1 is 1.23 bits per heavy atom. The van der Waals surface area contributed by atoms with Gasteiger partial charge in [0.25, 0.3) is 0 Å². The fourth-order valence-electron chi connectivity index (χ4n) is 1.36. The molecule has 0 radical (unpaired) electrons. The Balaban J connectivity index is 2.24. The van der Waals surface area contributed by atoms with E-state index in [0.29, 0.717) is 0 Å². The van der Waals surface area contributed by atoms with E-state index in [2.05, 4.69) is 4.90 Å². The van der Waals surface area contributed by atoms with E-state index in [9.17, 15) is 0 Å². The lowest BCUT2D eigenvalue weighted by molar-refractivity contribution is -0.190. The molecule has 0 N–H and O–H groups in total. The van der Waals surface area contributed by atoms with E-state index < -0.39 is 0 Å². The molecular weight excluding hydrogens is 170 g/mol. The molecule has 4 nitrogen and oxygen atoms in total. The molecule has 0 aromatic rings. The van der Waals surface area contributed by atoms with Crippen molar-refractivity contribution in [2.75, 3.05) is 33.4 Å². The van der Waals surface area contributed by atoms with Gasteiger partial charge in [-0.15, -0.1) is 0 Å². The predicted octanol–water partition coefficient (Wildman–Crippen LogP) is 0.674. The molecule has 0 saturated carbocycles. The fraction of sp³-hybridized carbons (Fsp3) is 1.00. The number of hydrogen-bond donors (Lipinski definition) is 0. The summed E-state index contributed by atoms with van der Waals surface area (Å²) < 4.78 is 15.9. The summed E-state index contributed by atoms with van der Waals surface area (Å²) in [4.78, 5) is 2.25. The first kappa shape index (κ1) is 10.9. The second kappa shape index (κ2) is 5.54. The SMILES string of the molecule is COC(C)OC(C)N1CCOCC1. The summed E-state index contributed by atoms with van der Waals surface area (Å²) in [5, 5.41) is 0. The van der Waals surface area contributed by atoms with Gasteiger partial charge in [-0.1, -0.05) is 0 Å². The quantitative estimate of drug-likeness (QED) is 0.608. The Labute approximate surface area is 79.8 Å². The largest absolute Gasteiger partial charge is 0.379 e. The van der Waals surface area contributed by atoms with E-state index in [0.717, 1.165) is 26.3 Å². The number of hydrogen-bond acceptors (Lipinski definition) is 4. The zero-order valence-corrected chi connectivity index (χ0v) is 8.66. The second-order valence-corrected chi connectivity index (χ2v) is 3.19. The summed E-state index contributed by atoms with van der Waals surface area (Å²) in [7, 11) is 1.65. The molecule has 1 saturated heterocycles. The van der Waals surface area contributed by atoms with Gasteiger partial charge in [0.2, 0.25) is 0 Å². The van der Waals surface area contributed by atoms with Crippen LogP contribution < -0.4 is 0 Å². The topological polar surface area (TPSA) is 30.9 Å². The molecule has 78 valence electrons. The van der Waals surface area contributed by atoms with E-state index in [4.69, 9.17) is 14.2 Å². The molecule has 1 fully saturated rings. The molecule has 1 aliphatic rings. The van der Waals surface area contributed by atoms with Gasteiger partial charge >= 0.3 is 0 Å². The smallest absolute Gasteiger partial charge is 0.156 e. The van der Waals surface area contributed by atoms with Gasteiger partial charge in [0.15, 0.2) is 6.29 Å². The normalized spacial score (nSPS) is 24.2. The molecule has 0 aromatic carbocycles. The number of morpholine rings is 1. The van der Waals surface area contributed by atoms with Crippen LogP contribution >= 0.6 is 0 Å². The van der Waals surface area contributed by atoms with Crippen molar-refractivity contribution in [1.82, 2.24) is 4.90 Å². The van der Waals surface area contributed by atoms with Crippen LogP contribution in [-0.2, 0) is 14.2 Å². The summed E-state index contributed by atoms with van der Waals surface area (Å²) in [5.41, 5.74) is 0. The first-order chi connectivity index (χ1) is 6.24. The highest BCUT2D eigenvalue weighted by molar-refractivity contribution is 4.63. The van der Waals surface area contributed by atoms with Gasteiger partial charge in [0.05, 0.1) is 13.2 Å². The van der Waals surface area contributed by atoms with Crippen LogP contribution in [0.15, 0.2) is 0 Å². The maximum absolute atomic E-state index is 5.59. The van der Waals surface area contributed by atoms with E-state index in [1.54, 1.807) is 7.11 Å². The second-order valence-electron chi connectivity index (χ2n) is 3.19. The van der Waals surface area contributed by atoms with Crippen LogP contribution in [0.2, 0.25) is 0 Å². The van der Waals surface area contributed by atoms with Crippen molar-refractivity contribution >= 4 is 0 Å². The predicted molar refractivity (Wildman–Crippen MR) is 49.4 cm³/mol. The van der Waals surface area contributed by atoms with Crippen molar-refractivity contribution in [3.05, 3.63) is 0 Å². The summed E-state index contributed by atoms with van der Waals surface area (Å²) >= 11 is 0. The lowest BCUT2D eigenvalue weighted by Crippen LogP contribution is -2.44. The fourth-order valence-corrected chi connectivity index (χ4v) is 1.36. The third kappa shape index (κ3) is 3.60. The number of rotatable bonds is 4. The summed E-state index contributed by atoms with van der Waals surface area (Å²) in [6.45, 7) is 7.43. The van der Waals surface area contributed by atoms with Gasteiger partial charge in [-0.05, 0) is 13.8 Å². The van der Waals surface area contributed by atoms with Crippen molar-refractivity contribution in [2.45, 2.75) is 26.4 Å². The van der Waals surface area contributed by atoms with Crippen LogP contribution in [0.3, 0.4) is 0 Å². The Kier molecular flexibility index (Phi) is 4.66. The molecular formula is C9H19NO3. The lowest BCUT2D eigenvalue weighted by atomic mass is 10.4. The highest BCUT2D eigenvalue weighted by Gasteiger charge is 2.18. The van der Waals surface area contributed by atoms with Crippen molar-refractivity contribution in [1.29, 1.82) is 0 Å². The lowest BCUT2D eigenvalue weighted by Gasteiger charge is -2.33. The first-order valence-corrected chi connectivity index (χ1v) is 4.74. The Morgan fingerprint density at radius 2 is 1.85 bits per heavy atom. The highest BCUT2D eigenvalue weighted by atomic mass is 16.7. The molecule has 2 atom stereocenters. The Hall–Kier alpha value is -0.160. The van der Waals surface area contributed by atoms with E-state index in [1.165, 1.54) is 0 Å². The van der Waals surface area contributed by atoms with Gasteiger partial charge in [0.1, 0.15) is 6.23 Å². The summed E-state index contributed by atoms with van der Waals surface area (Å²) in [6, 6.07) is 0. The van der Waals surface area contributed by atoms with Gasteiger partial charge < -0.3 is 14.2 Å². The molecule has 1 heterocycles. The third-order valence-corrected chi connectivity index (χ3v) is 2.28. The van der Waals surface area contributed by atoms with Crippen LogP contribution in [-0.4, -0.2) is 50.8 Å². The number of nitrogens with zero attached hydrogens (tertiary/aromatic N) is 1. The Morgan fingerprint density at radius 3 is 2.38 bits per heavy atom. The number of methoxy groups -OCH3 is 1. The molecule has 1 aliphatic heterocycles. The molecule has 1 rings (SSSR count). The average molecular weight is 189 g/mol. The van der Waals surface area contributed by atoms with Crippen LogP contribution in [0.1, 0.15) is 13.8 Å². The standard InChI is InChI=1S/C9H19NO3/c1-8(13-9(2)11-3)10-4-6-12-7-5-10/h8-9H,4-7H2,1-3H3. The van der Waals surface area contributed by atoms with Crippen LogP contribution in [0.5, 0.6) is 0 Å². The van der Waals surface area contributed by atoms with E-state index in [-0.39, 0.29) is 12.5 Å². The monoisotopic (exact) mass is 189 g/mol. The Bertz CT molecular complexity index is 137. The molecule has 13 heavy (non-hydrogen) atoms. The molecule has 4 heteroatoms. The molecule has 0 spiro atoms. The van der Waals surface area contributed by atoms with Gasteiger partial charge in [-0.3, -0.25) is 4.90 Å². The molecule has 0 amide bonds. The molecule has 2 unspecified atom stereocenters. The average Bonchev–Trinajstić information content (AvgIpc) is 2.19. The number of ether oxygens (including phenoxy) is 3. The van der Waals surface area contributed by atoms with Crippen molar-refractivity contribution in [3.8, 4) is 0 Å². The van der Waals surface area contributed by atoms with Crippen LogP contribution in [0.4, 0.5) is 0 Å². The highest BCUT2D eigenvalue weighted by Crippen LogP contribution is 2.07. The molecule has 0 aromatic heterocycles. The van der Waals surface area contributed by atoms with Crippen molar-refractivity contribution < 1.29 is 14.2 Å². The first-order valence-electron chi connectivity index (χ1n) is 4.74. The zero-order chi connectivity index (χ0) is 9.68. The van der Waals surface area contributed by atoms with Crippen LogP contribution in [0.25, 0.3) is 0 Å². The van der Waals surface area contributed by atoms with Gasteiger partial charge in [-0.2, -0.15) is 0 Å². The van der Waals surface area contributed by atoms with E-state index >= 15 is 0 Å². The maximum Gasteiger partial charge on any atom is 0.156 e. The summed E-state index contributed by atoms with van der Waals surface area (Å²) in [6.07, 6.45) is -0.0308. The van der Waals surface area contributed by atoms with Crippen molar-refractivity contribution in [3.63, 3.8) is 0 Å². The molecule has 0 aliphatic carbocycles. The van der Waals surface area contributed by atoms with Crippen LogP contribution in [0, 0.1) is 0 Å². The zero-order valence-electron chi connectivity index (χ0n) is 8.66. The summed E-state index contributed by atoms with van der Waals surface area (Å²) in [5.74, 6) is 0. The third-order valence-electron chi connectivity index (χ3n) is 2.28. The minimum Gasteiger partial charge on any atom is -0.379 e. The van der Waals surface area contributed by atoms with Gasteiger partial charge in [-0.25, -0.2) is 0 Å². The maximum atomic E-state index is 5.59.